The molecule has 0 saturated carbocycles. The van der Waals surface area contributed by atoms with Crippen LogP contribution in [0.5, 0.6) is 0 Å². The molecular weight excluding hydrogens is 200 g/mol. The average Bonchev–Trinajstić information content (AvgIpc) is 2.23. The van der Waals surface area contributed by atoms with Gasteiger partial charge in [0.15, 0.2) is 0 Å². The number of hydrogen-bond donors (Lipinski definition) is 2. The fourth-order valence-corrected chi connectivity index (χ4v) is 1.41. The Bertz CT molecular complexity index is 361. The molecule has 0 amide bonds. The normalized spacial score (nSPS) is 10.2. The Hall–Kier alpha value is -1.35. The van der Waals surface area contributed by atoms with Gasteiger partial charge in [0.25, 0.3) is 0 Å². The van der Waals surface area contributed by atoms with Gasteiger partial charge in [-0.1, -0.05) is 6.07 Å². The van der Waals surface area contributed by atoms with Gasteiger partial charge in [0.2, 0.25) is 0 Å². The van der Waals surface area contributed by atoms with Crippen LogP contribution in [0, 0.1) is 19.9 Å². The second kappa shape index (κ2) is 6.28. The molecule has 0 saturated heterocycles. The van der Waals surface area contributed by atoms with E-state index in [4.69, 9.17) is 0 Å². The summed E-state index contributed by atoms with van der Waals surface area (Å²) in [5, 5.41) is 6.39. The second-order valence-corrected chi connectivity index (χ2v) is 3.98. The predicted molar refractivity (Wildman–Crippen MR) is 66.8 cm³/mol. The third-order valence-electron chi connectivity index (χ3n) is 2.51. The molecule has 2 N–H and O–H groups in total. The van der Waals surface area contributed by atoms with Crippen LogP contribution >= 0.6 is 0 Å². The van der Waals surface area contributed by atoms with Gasteiger partial charge in [-0.2, -0.15) is 0 Å². The molecule has 0 heterocycles. The summed E-state index contributed by atoms with van der Waals surface area (Å²) >= 11 is 0. The van der Waals surface area contributed by atoms with Crippen LogP contribution in [0.4, 0.5) is 5.69 Å². The Labute approximate surface area is 97.2 Å². The minimum absolute atomic E-state index is 0.167. The summed E-state index contributed by atoms with van der Waals surface area (Å²) in [6.07, 6.45) is 0. The van der Waals surface area contributed by atoms with E-state index in [1.54, 1.807) is 6.92 Å². The van der Waals surface area contributed by atoms with E-state index >= 15 is 0 Å². The third kappa shape index (κ3) is 4.03. The molecule has 0 atom stereocenters. The Kier molecular flexibility index (Phi) is 4.99. The van der Waals surface area contributed by atoms with Crippen molar-refractivity contribution in [2.75, 3.05) is 25.0 Å². The summed E-state index contributed by atoms with van der Waals surface area (Å²) in [7, 11) is 0. The number of benzene rings is 1. The van der Waals surface area contributed by atoms with E-state index in [0.717, 1.165) is 18.8 Å². The standard InChI is InChI=1S/C13H19N2O/c1-10-5-4-6-13(12(10)3)15-8-7-14-9-11(2)16/h5-6,14-15H,7-9H2,1-3H3. The van der Waals surface area contributed by atoms with Gasteiger partial charge in [-0.05, 0) is 44.0 Å². The van der Waals surface area contributed by atoms with E-state index in [-0.39, 0.29) is 5.78 Å². The van der Waals surface area contributed by atoms with Crippen LogP contribution in [-0.2, 0) is 4.79 Å². The number of ketones is 1. The number of aryl methyl sites for hydroxylation is 1. The molecule has 0 bridgehead atoms. The van der Waals surface area contributed by atoms with Gasteiger partial charge in [0.1, 0.15) is 5.78 Å². The van der Waals surface area contributed by atoms with Crippen molar-refractivity contribution in [3.63, 3.8) is 0 Å². The van der Waals surface area contributed by atoms with E-state index in [9.17, 15) is 4.79 Å². The van der Waals surface area contributed by atoms with Crippen molar-refractivity contribution in [1.82, 2.24) is 5.32 Å². The van der Waals surface area contributed by atoms with Gasteiger partial charge in [-0.25, -0.2) is 0 Å². The summed E-state index contributed by atoms with van der Waals surface area (Å²) in [6.45, 7) is 7.79. The maximum atomic E-state index is 10.7. The molecule has 0 aliphatic heterocycles. The number of carbonyl (C=O) groups is 1. The molecule has 0 unspecified atom stereocenters. The highest BCUT2D eigenvalue weighted by Crippen LogP contribution is 2.16. The molecule has 1 aromatic carbocycles. The van der Waals surface area contributed by atoms with Gasteiger partial charge in [0, 0.05) is 18.8 Å². The van der Waals surface area contributed by atoms with Crippen LogP contribution in [0.15, 0.2) is 12.1 Å². The Morgan fingerprint density at radius 3 is 2.75 bits per heavy atom. The topological polar surface area (TPSA) is 41.1 Å². The number of carbonyl (C=O) groups excluding carboxylic acids is 1. The molecule has 1 rings (SSSR count). The SMILES string of the molecule is CC(=O)CNCCNc1c[c]cc(C)c1C. The molecule has 87 valence electrons. The number of Topliss-reactive ketones (excluding diaryl/α,β-unsaturated/α-hetero) is 1. The number of anilines is 1. The number of nitrogens with one attached hydrogen (secondary N) is 2. The first-order chi connectivity index (χ1) is 7.61. The molecule has 0 aliphatic rings. The summed E-state index contributed by atoms with van der Waals surface area (Å²) in [5.41, 5.74) is 3.61. The van der Waals surface area contributed by atoms with Crippen molar-refractivity contribution in [3.05, 3.63) is 29.3 Å². The highest BCUT2D eigenvalue weighted by atomic mass is 16.1. The highest BCUT2D eigenvalue weighted by molar-refractivity contribution is 5.77. The number of rotatable bonds is 6. The molecule has 0 fully saturated rings. The van der Waals surface area contributed by atoms with E-state index in [1.165, 1.54) is 11.1 Å². The van der Waals surface area contributed by atoms with Crippen LogP contribution in [0.25, 0.3) is 0 Å². The summed E-state index contributed by atoms with van der Waals surface area (Å²) in [6, 6.07) is 7.02. The van der Waals surface area contributed by atoms with Gasteiger partial charge in [-0.15, -0.1) is 0 Å². The largest absolute Gasteiger partial charge is 0.384 e. The van der Waals surface area contributed by atoms with Crippen molar-refractivity contribution in [1.29, 1.82) is 0 Å². The first kappa shape index (κ1) is 12.7. The van der Waals surface area contributed by atoms with Crippen LogP contribution in [-0.4, -0.2) is 25.4 Å². The predicted octanol–water partition coefficient (Wildman–Crippen LogP) is 1.69. The van der Waals surface area contributed by atoms with E-state index in [1.807, 2.05) is 12.1 Å². The maximum absolute atomic E-state index is 10.7. The fraction of sp³-hybridized carbons (Fsp3) is 0.462. The van der Waals surface area contributed by atoms with Crippen LogP contribution in [0.3, 0.4) is 0 Å². The lowest BCUT2D eigenvalue weighted by molar-refractivity contribution is -0.116. The van der Waals surface area contributed by atoms with Crippen LogP contribution < -0.4 is 10.6 Å². The van der Waals surface area contributed by atoms with Gasteiger partial charge in [0.05, 0.1) is 6.54 Å². The van der Waals surface area contributed by atoms with E-state index in [2.05, 4.69) is 30.5 Å². The summed E-state index contributed by atoms with van der Waals surface area (Å²) in [4.78, 5) is 10.7. The molecule has 1 aromatic rings. The zero-order chi connectivity index (χ0) is 12.0. The lowest BCUT2D eigenvalue weighted by atomic mass is 10.1. The van der Waals surface area contributed by atoms with Crippen LogP contribution in [0.1, 0.15) is 18.1 Å². The Balaban J connectivity index is 2.32. The minimum atomic E-state index is 0.167. The lowest BCUT2D eigenvalue weighted by Crippen LogP contribution is -2.26. The lowest BCUT2D eigenvalue weighted by Gasteiger charge is -2.11. The molecule has 1 radical (unpaired) electrons. The van der Waals surface area contributed by atoms with Crippen molar-refractivity contribution in [2.45, 2.75) is 20.8 Å². The van der Waals surface area contributed by atoms with Crippen molar-refractivity contribution in [2.24, 2.45) is 0 Å². The molecule has 3 nitrogen and oxygen atoms in total. The molecule has 3 heteroatoms. The quantitative estimate of drug-likeness (QED) is 0.715. The van der Waals surface area contributed by atoms with E-state index < -0.39 is 0 Å². The van der Waals surface area contributed by atoms with Crippen molar-refractivity contribution >= 4 is 11.5 Å². The number of hydrogen-bond acceptors (Lipinski definition) is 3. The molecule has 0 aliphatic carbocycles. The van der Waals surface area contributed by atoms with Crippen LogP contribution in [0.2, 0.25) is 0 Å². The smallest absolute Gasteiger partial charge is 0.143 e. The first-order valence-corrected chi connectivity index (χ1v) is 5.52. The zero-order valence-electron chi connectivity index (χ0n) is 10.2. The fourth-order valence-electron chi connectivity index (χ4n) is 1.41. The van der Waals surface area contributed by atoms with Crippen molar-refractivity contribution < 1.29 is 4.79 Å². The van der Waals surface area contributed by atoms with E-state index in [0.29, 0.717) is 6.54 Å². The molecular formula is C13H19N2O. The monoisotopic (exact) mass is 219 g/mol. The summed E-state index contributed by atoms with van der Waals surface area (Å²) < 4.78 is 0. The zero-order valence-corrected chi connectivity index (χ0v) is 10.2. The maximum Gasteiger partial charge on any atom is 0.143 e. The van der Waals surface area contributed by atoms with Gasteiger partial charge >= 0.3 is 0 Å². The molecule has 0 aromatic heterocycles. The van der Waals surface area contributed by atoms with Gasteiger partial charge < -0.3 is 10.6 Å². The third-order valence-corrected chi connectivity index (χ3v) is 2.51. The average molecular weight is 219 g/mol. The summed E-state index contributed by atoms with van der Waals surface area (Å²) in [5.74, 6) is 0.167. The Morgan fingerprint density at radius 1 is 1.31 bits per heavy atom. The minimum Gasteiger partial charge on any atom is -0.384 e. The Morgan fingerprint density at radius 2 is 2.06 bits per heavy atom. The highest BCUT2D eigenvalue weighted by Gasteiger charge is 1.99. The van der Waals surface area contributed by atoms with Crippen molar-refractivity contribution in [3.8, 4) is 0 Å². The second-order valence-electron chi connectivity index (χ2n) is 3.98. The molecule has 16 heavy (non-hydrogen) atoms. The molecule has 0 spiro atoms. The van der Waals surface area contributed by atoms with Gasteiger partial charge in [-0.3, -0.25) is 4.79 Å². The first-order valence-electron chi connectivity index (χ1n) is 5.52.